The smallest absolute Gasteiger partial charge is 0.275 e. The Morgan fingerprint density at radius 2 is 2.00 bits per heavy atom. The third kappa shape index (κ3) is 5.14. The molecule has 0 bridgehead atoms. The highest BCUT2D eigenvalue weighted by Gasteiger charge is 2.46. The van der Waals surface area contributed by atoms with Crippen LogP contribution in [-0.2, 0) is 16.4 Å². The highest BCUT2D eigenvalue weighted by atomic mass is 79.9. The number of anilines is 1. The van der Waals surface area contributed by atoms with E-state index in [9.17, 15) is 21.6 Å². The zero-order valence-corrected chi connectivity index (χ0v) is 20.1. The number of nitrogens with zero attached hydrogens (tertiary/aromatic N) is 2. The molecule has 2 heterocycles. The van der Waals surface area contributed by atoms with Gasteiger partial charge in [0.2, 0.25) is 0 Å². The van der Waals surface area contributed by atoms with E-state index >= 15 is 0 Å². The number of aromatic nitrogens is 2. The van der Waals surface area contributed by atoms with E-state index < -0.39 is 15.5 Å². The number of nitrogens with one attached hydrogen (secondary N) is 1. The van der Waals surface area contributed by atoms with Crippen LogP contribution < -0.4 is 4.72 Å². The van der Waals surface area contributed by atoms with Gasteiger partial charge in [0, 0.05) is 34.0 Å². The Morgan fingerprint density at radius 3 is 2.62 bits per heavy atom. The van der Waals surface area contributed by atoms with Crippen molar-refractivity contribution in [2.75, 3.05) is 4.72 Å². The maximum Gasteiger partial charge on any atom is 0.516 e. The molecule has 0 atom stereocenters. The lowest BCUT2D eigenvalue weighted by Gasteiger charge is -2.14. The fraction of sp³-hybridized carbons (Fsp3) is 0.238. The molecule has 1 N–H and O–H groups in total. The molecule has 0 aliphatic rings. The molecule has 3 aromatic rings. The number of sulfonamides is 1. The summed E-state index contributed by atoms with van der Waals surface area (Å²) < 4.78 is 62.6. The van der Waals surface area contributed by atoms with Gasteiger partial charge in [0.05, 0.1) is 15.9 Å². The summed E-state index contributed by atoms with van der Waals surface area (Å²) in [5.74, 6) is 2.85. The first-order valence-corrected chi connectivity index (χ1v) is 12.4. The number of alkyl halides is 3. The molecule has 1 aromatic carbocycles. The van der Waals surface area contributed by atoms with Gasteiger partial charge in [0.25, 0.3) is 0 Å². The molecule has 11 heteroatoms. The molecule has 0 amide bonds. The topological polar surface area (TPSA) is 72.0 Å². The third-order valence-corrected chi connectivity index (χ3v) is 7.11. The van der Waals surface area contributed by atoms with Crippen molar-refractivity contribution in [2.24, 2.45) is 5.92 Å². The van der Waals surface area contributed by atoms with Crippen molar-refractivity contribution >= 4 is 43.0 Å². The van der Waals surface area contributed by atoms with Gasteiger partial charge in [-0.15, -0.1) is 17.8 Å². The number of terminal acetylenes is 1. The molecule has 32 heavy (non-hydrogen) atoms. The van der Waals surface area contributed by atoms with E-state index in [1.165, 1.54) is 28.2 Å². The Bertz CT molecular complexity index is 1300. The lowest BCUT2D eigenvalue weighted by molar-refractivity contribution is -0.0429. The van der Waals surface area contributed by atoms with Crippen LogP contribution in [0.25, 0.3) is 21.8 Å². The first kappa shape index (κ1) is 24.2. The van der Waals surface area contributed by atoms with Crippen molar-refractivity contribution in [2.45, 2.75) is 25.8 Å². The molecule has 0 unspecified atom stereocenters. The fourth-order valence-electron chi connectivity index (χ4n) is 2.88. The summed E-state index contributed by atoms with van der Waals surface area (Å²) in [4.78, 5) is 8.99. The van der Waals surface area contributed by atoms with Crippen LogP contribution >= 0.6 is 27.3 Å². The van der Waals surface area contributed by atoms with Crippen LogP contribution in [0.15, 0.2) is 40.3 Å². The minimum atomic E-state index is -5.59. The predicted octanol–water partition coefficient (Wildman–Crippen LogP) is 6.08. The molecule has 5 nitrogen and oxygen atoms in total. The van der Waals surface area contributed by atoms with Gasteiger partial charge in [-0.05, 0) is 52.5 Å². The third-order valence-electron chi connectivity index (χ3n) is 4.30. The molecule has 0 aliphatic carbocycles. The molecule has 0 radical (unpaired) electrons. The second kappa shape index (κ2) is 9.21. The van der Waals surface area contributed by atoms with Crippen molar-refractivity contribution in [1.82, 2.24) is 9.97 Å². The van der Waals surface area contributed by atoms with Crippen molar-refractivity contribution in [3.63, 3.8) is 0 Å². The van der Waals surface area contributed by atoms with E-state index in [0.717, 1.165) is 22.7 Å². The van der Waals surface area contributed by atoms with Gasteiger partial charge in [-0.1, -0.05) is 19.8 Å². The second-order valence-corrected chi connectivity index (χ2v) is 10.5. The number of rotatable bonds is 6. The number of pyridine rings is 1. The Balaban J connectivity index is 1.98. The van der Waals surface area contributed by atoms with E-state index in [-0.39, 0.29) is 15.7 Å². The van der Waals surface area contributed by atoms with E-state index in [2.05, 4.69) is 45.7 Å². The van der Waals surface area contributed by atoms with Gasteiger partial charge in [-0.3, -0.25) is 9.71 Å². The molecule has 0 spiro atoms. The van der Waals surface area contributed by atoms with Gasteiger partial charge >= 0.3 is 15.5 Å². The summed E-state index contributed by atoms with van der Waals surface area (Å²) in [7, 11) is -5.59. The van der Waals surface area contributed by atoms with Gasteiger partial charge in [0.1, 0.15) is 5.01 Å². The zero-order chi connectivity index (χ0) is 23.7. The average Bonchev–Trinajstić information content (AvgIpc) is 3.18. The molecule has 0 saturated carbocycles. The molecule has 168 valence electrons. The van der Waals surface area contributed by atoms with Crippen LogP contribution in [0.1, 0.15) is 25.1 Å². The minimum absolute atomic E-state index is 0.0167. The Kier molecular flexibility index (Phi) is 6.97. The number of hydrogen-bond acceptors (Lipinski definition) is 5. The van der Waals surface area contributed by atoms with Crippen LogP contribution in [0.3, 0.4) is 0 Å². The summed E-state index contributed by atoms with van der Waals surface area (Å²) in [5.41, 5.74) is -2.75. The molecular weight excluding hydrogens is 527 g/mol. The van der Waals surface area contributed by atoms with Crippen LogP contribution in [0.2, 0.25) is 0 Å². The highest BCUT2D eigenvalue weighted by molar-refractivity contribution is 9.10. The van der Waals surface area contributed by atoms with Crippen molar-refractivity contribution in [3.05, 3.63) is 51.6 Å². The lowest BCUT2D eigenvalue weighted by Crippen LogP contribution is -2.30. The van der Waals surface area contributed by atoms with Gasteiger partial charge in [-0.25, -0.2) is 4.98 Å². The molecule has 0 fully saturated rings. The summed E-state index contributed by atoms with van der Waals surface area (Å²) in [6, 6.07) is 6.45. The molecule has 2 aromatic heterocycles. The molecule has 0 aliphatic heterocycles. The number of hydrogen-bond donors (Lipinski definition) is 1. The van der Waals surface area contributed by atoms with E-state index in [1.54, 1.807) is 11.6 Å². The standard InChI is InChI=1S/C21H17BrF3N3O2S2/c1-4-15-16(5-6-17(19(15)22)28-32(29,30)21(23,24)25)18-11-31-20(27-18)13-7-8-26-14(10-13)9-12(2)3/h1,5-8,10-12,28H,9H2,2-3H3. The van der Waals surface area contributed by atoms with Crippen LogP contribution in [0.4, 0.5) is 18.9 Å². The average molecular weight is 544 g/mol. The largest absolute Gasteiger partial charge is 0.516 e. The monoisotopic (exact) mass is 543 g/mol. The maximum atomic E-state index is 12.7. The van der Waals surface area contributed by atoms with Crippen molar-refractivity contribution in [3.8, 4) is 34.2 Å². The Morgan fingerprint density at radius 1 is 1.28 bits per heavy atom. The number of benzene rings is 1. The molecule has 0 saturated heterocycles. The van der Waals surface area contributed by atoms with Crippen molar-refractivity contribution < 1.29 is 21.6 Å². The first-order chi connectivity index (χ1) is 14.9. The second-order valence-electron chi connectivity index (χ2n) is 7.22. The Hall–Kier alpha value is -2.42. The summed E-state index contributed by atoms with van der Waals surface area (Å²) in [6.45, 7) is 4.21. The van der Waals surface area contributed by atoms with Crippen LogP contribution in [0, 0.1) is 18.3 Å². The van der Waals surface area contributed by atoms with E-state index in [4.69, 9.17) is 6.42 Å². The molecule has 3 rings (SSSR count). The molecular formula is C21H17BrF3N3O2S2. The van der Waals surface area contributed by atoms with E-state index in [0.29, 0.717) is 17.2 Å². The normalized spacial score (nSPS) is 12.1. The van der Waals surface area contributed by atoms with Gasteiger partial charge in [-0.2, -0.15) is 21.6 Å². The minimum Gasteiger partial charge on any atom is -0.275 e. The zero-order valence-electron chi connectivity index (χ0n) is 16.9. The van der Waals surface area contributed by atoms with E-state index in [1.807, 2.05) is 12.1 Å². The number of thiazole rings is 1. The predicted molar refractivity (Wildman–Crippen MR) is 124 cm³/mol. The van der Waals surface area contributed by atoms with Crippen LogP contribution in [-0.4, -0.2) is 23.9 Å². The first-order valence-electron chi connectivity index (χ1n) is 9.22. The van der Waals surface area contributed by atoms with Gasteiger partial charge < -0.3 is 0 Å². The quantitative estimate of drug-likeness (QED) is 0.382. The number of halogens is 4. The highest BCUT2D eigenvalue weighted by Crippen LogP contribution is 2.38. The fourth-order valence-corrected chi connectivity index (χ4v) is 4.97. The summed E-state index contributed by atoms with van der Waals surface area (Å²) >= 11 is 4.51. The SMILES string of the molecule is C#Cc1c(-c2csc(-c3ccnc(CC(C)C)c3)n2)ccc(NS(=O)(=O)C(F)(F)F)c1Br. The Labute approximate surface area is 196 Å². The van der Waals surface area contributed by atoms with Crippen LogP contribution in [0.5, 0.6) is 0 Å². The van der Waals surface area contributed by atoms with Gasteiger partial charge in [0.15, 0.2) is 0 Å². The summed E-state index contributed by atoms with van der Waals surface area (Å²) in [6.07, 6.45) is 8.13. The maximum absolute atomic E-state index is 12.7. The lowest BCUT2D eigenvalue weighted by atomic mass is 10.0. The summed E-state index contributed by atoms with van der Waals surface area (Å²) in [5, 5.41) is 2.51. The van der Waals surface area contributed by atoms with Crippen molar-refractivity contribution in [1.29, 1.82) is 0 Å².